The van der Waals surface area contributed by atoms with Crippen LogP contribution in [0.2, 0.25) is 0 Å². The predicted octanol–water partition coefficient (Wildman–Crippen LogP) is 2.73. The van der Waals surface area contributed by atoms with E-state index in [2.05, 4.69) is 41.5 Å². The molecule has 1 aliphatic heterocycles. The van der Waals surface area contributed by atoms with Crippen molar-refractivity contribution in [1.82, 2.24) is 10.3 Å². The van der Waals surface area contributed by atoms with E-state index in [1.54, 1.807) is 0 Å². The third-order valence-electron chi connectivity index (χ3n) is 3.28. The Morgan fingerprint density at radius 1 is 1.29 bits per heavy atom. The highest BCUT2D eigenvalue weighted by atomic mass is 16.4. The summed E-state index contributed by atoms with van der Waals surface area (Å²) in [6.07, 6.45) is 3.01. The Kier molecular flexibility index (Phi) is 2.69. The first-order valence-electron chi connectivity index (χ1n) is 6.06. The van der Waals surface area contributed by atoms with Crippen LogP contribution < -0.4 is 5.32 Å². The Morgan fingerprint density at radius 2 is 2.12 bits per heavy atom. The van der Waals surface area contributed by atoms with Crippen LogP contribution in [0.25, 0.3) is 11.5 Å². The highest BCUT2D eigenvalue weighted by molar-refractivity contribution is 5.53. The van der Waals surface area contributed by atoms with E-state index in [9.17, 15) is 0 Å². The molecule has 0 aliphatic carbocycles. The molecule has 2 heterocycles. The van der Waals surface area contributed by atoms with Crippen LogP contribution in [0, 0.1) is 6.92 Å². The van der Waals surface area contributed by atoms with Crippen LogP contribution in [0.15, 0.2) is 34.9 Å². The van der Waals surface area contributed by atoms with Crippen LogP contribution in [-0.4, -0.2) is 18.1 Å². The lowest BCUT2D eigenvalue weighted by Gasteiger charge is -2.02. The molecule has 0 amide bonds. The van der Waals surface area contributed by atoms with Gasteiger partial charge in [0, 0.05) is 18.0 Å². The van der Waals surface area contributed by atoms with Crippen LogP contribution in [0.5, 0.6) is 0 Å². The molecule has 1 aromatic carbocycles. The highest BCUT2D eigenvalue weighted by Crippen LogP contribution is 2.27. The van der Waals surface area contributed by atoms with Gasteiger partial charge in [-0.3, -0.25) is 0 Å². The molecule has 1 aliphatic rings. The number of aryl methyl sites for hydroxylation is 1. The third kappa shape index (κ3) is 2.11. The Labute approximate surface area is 101 Å². The summed E-state index contributed by atoms with van der Waals surface area (Å²) in [6, 6.07) is 8.27. The summed E-state index contributed by atoms with van der Waals surface area (Å²) in [6.45, 7) is 4.16. The molecule has 3 heteroatoms. The van der Waals surface area contributed by atoms with Gasteiger partial charge in [-0.2, -0.15) is 0 Å². The number of nitrogens with one attached hydrogen (secondary N) is 1. The topological polar surface area (TPSA) is 38.1 Å². The highest BCUT2D eigenvalue weighted by Gasteiger charge is 2.20. The predicted molar refractivity (Wildman–Crippen MR) is 66.9 cm³/mol. The normalized spacial score (nSPS) is 19.7. The molecule has 1 saturated heterocycles. The average Bonchev–Trinajstić information content (AvgIpc) is 3.00. The summed E-state index contributed by atoms with van der Waals surface area (Å²) in [5, 5.41) is 3.34. The van der Waals surface area contributed by atoms with E-state index in [1.807, 2.05) is 6.20 Å². The fourth-order valence-electron chi connectivity index (χ4n) is 2.20. The number of aromatic nitrogens is 1. The number of hydrogen-bond donors (Lipinski definition) is 1. The van der Waals surface area contributed by atoms with E-state index in [0.717, 1.165) is 36.7 Å². The zero-order valence-corrected chi connectivity index (χ0v) is 9.94. The van der Waals surface area contributed by atoms with Crippen LogP contribution in [0.4, 0.5) is 0 Å². The molecule has 17 heavy (non-hydrogen) atoms. The minimum atomic E-state index is 0.488. The Balaban J connectivity index is 1.86. The third-order valence-corrected chi connectivity index (χ3v) is 3.28. The van der Waals surface area contributed by atoms with Crippen LogP contribution in [0.1, 0.15) is 23.7 Å². The lowest BCUT2D eigenvalue weighted by molar-refractivity contribution is 0.481. The van der Waals surface area contributed by atoms with Gasteiger partial charge in [0.2, 0.25) is 5.89 Å². The van der Waals surface area contributed by atoms with Crippen LogP contribution in [0.3, 0.4) is 0 Å². The summed E-state index contributed by atoms with van der Waals surface area (Å²) in [4.78, 5) is 4.37. The van der Waals surface area contributed by atoms with Gasteiger partial charge in [0.1, 0.15) is 5.76 Å². The average molecular weight is 228 g/mol. The van der Waals surface area contributed by atoms with Crippen molar-refractivity contribution in [3.63, 3.8) is 0 Å². The Hall–Kier alpha value is -1.61. The fraction of sp³-hybridized carbons (Fsp3) is 0.357. The largest absolute Gasteiger partial charge is 0.441 e. The van der Waals surface area contributed by atoms with Crippen molar-refractivity contribution in [3.05, 3.63) is 41.8 Å². The second-order valence-corrected chi connectivity index (χ2v) is 4.62. The maximum atomic E-state index is 5.84. The van der Waals surface area contributed by atoms with Gasteiger partial charge < -0.3 is 9.73 Å². The fourth-order valence-corrected chi connectivity index (χ4v) is 2.20. The van der Waals surface area contributed by atoms with Crippen LogP contribution in [-0.2, 0) is 0 Å². The quantitative estimate of drug-likeness (QED) is 0.858. The first-order chi connectivity index (χ1) is 8.33. The van der Waals surface area contributed by atoms with E-state index >= 15 is 0 Å². The molecule has 1 unspecified atom stereocenters. The first kappa shape index (κ1) is 10.5. The molecular weight excluding hydrogens is 212 g/mol. The molecule has 2 aromatic rings. The lowest BCUT2D eigenvalue weighted by atomic mass is 10.1. The second kappa shape index (κ2) is 4.34. The van der Waals surface area contributed by atoms with Crippen LogP contribution >= 0.6 is 0 Å². The molecule has 88 valence electrons. The van der Waals surface area contributed by atoms with Gasteiger partial charge in [0.25, 0.3) is 0 Å². The maximum Gasteiger partial charge on any atom is 0.226 e. The maximum absolute atomic E-state index is 5.84. The van der Waals surface area contributed by atoms with E-state index in [4.69, 9.17) is 4.42 Å². The van der Waals surface area contributed by atoms with Crippen molar-refractivity contribution in [3.8, 4) is 11.5 Å². The van der Waals surface area contributed by atoms with Crippen molar-refractivity contribution < 1.29 is 4.42 Å². The molecule has 3 rings (SSSR count). The first-order valence-corrected chi connectivity index (χ1v) is 6.06. The minimum Gasteiger partial charge on any atom is -0.441 e. The SMILES string of the molecule is Cc1ccc(-c2ncc(C3CCNC3)o2)cc1. The van der Waals surface area contributed by atoms with E-state index in [-0.39, 0.29) is 0 Å². The smallest absolute Gasteiger partial charge is 0.226 e. The molecule has 1 atom stereocenters. The molecule has 1 fully saturated rings. The van der Waals surface area contributed by atoms with Crippen molar-refractivity contribution in [2.24, 2.45) is 0 Å². The lowest BCUT2D eigenvalue weighted by Crippen LogP contribution is -2.07. The summed E-state index contributed by atoms with van der Waals surface area (Å²) in [7, 11) is 0. The number of nitrogens with zero attached hydrogens (tertiary/aromatic N) is 1. The zero-order valence-electron chi connectivity index (χ0n) is 9.94. The van der Waals surface area contributed by atoms with E-state index in [1.165, 1.54) is 5.56 Å². The number of hydrogen-bond acceptors (Lipinski definition) is 3. The molecule has 0 saturated carbocycles. The van der Waals surface area contributed by atoms with Gasteiger partial charge in [-0.05, 0) is 32.0 Å². The second-order valence-electron chi connectivity index (χ2n) is 4.62. The van der Waals surface area contributed by atoms with Gasteiger partial charge in [-0.15, -0.1) is 0 Å². The molecule has 0 radical (unpaired) electrons. The molecule has 1 N–H and O–H groups in total. The molecular formula is C14H16N2O. The number of rotatable bonds is 2. The summed E-state index contributed by atoms with van der Waals surface area (Å²) >= 11 is 0. The number of oxazole rings is 1. The Morgan fingerprint density at radius 3 is 2.82 bits per heavy atom. The van der Waals surface area contributed by atoms with E-state index < -0.39 is 0 Å². The molecule has 1 aromatic heterocycles. The van der Waals surface area contributed by atoms with Gasteiger partial charge in [-0.25, -0.2) is 4.98 Å². The van der Waals surface area contributed by atoms with E-state index in [0.29, 0.717) is 5.92 Å². The van der Waals surface area contributed by atoms with Crippen molar-refractivity contribution in [1.29, 1.82) is 0 Å². The van der Waals surface area contributed by atoms with Gasteiger partial charge >= 0.3 is 0 Å². The van der Waals surface area contributed by atoms with Crippen molar-refractivity contribution in [2.45, 2.75) is 19.3 Å². The summed E-state index contributed by atoms with van der Waals surface area (Å²) < 4.78 is 5.84. The zero-order chi connectivity index (χ0) is 11.7. The monoisotopic (exact) mass is 228 g/mol. The summed E-state index contributed by atoms with van der Waals surface area (Å²) in [5.41, 5.74) is 2.30. The standard InChI is InChI=1S/C14H16N2O/c1-10-2-4-11(5-3-10)14-16-9-13(17-14)12-6-7-15-8-12/h2-5,9,12,15H,6-8H2,1H3. The molecule has 3 nitrogen and oxygen atoms in total. The van der Waals surface area contributed by atoms with Crippen molar-refractivity contribution in [2.75, 3.05) is 13.1 Å². The van der Waals surface area contributed by atoms with Gasteiger partial charge in [0.05, 0.1) is 6.20 Å². The molecule has 0 spiro atoms. The minimum absolute atomic E-state index is 0.488. The Bertz CT molecular complexity index is 495. The number of benzene rings is 1. The van der Waals surface area contributed by atoms with Gasteiger partial charge in [-0.1, -0.05) is 17.7 Å². The molecule has 0 bridgehead atoms. The summed E-state index contributed by atoms with van der Waals surface area (Å²) in [5.74, 6) is 2.22. The van der Waals surface area contributed by atoms with Crippen molar-refractivity contribution >= 4 is 0 Å². The van der Waals surface area contributed by atoms with Gasteiger partial charge in [0.15, 0.2) is 0 Å².